The molecule has 0 saturated heterocycles. The number of hydrogen-bond donors (Lipinski definition) is 0. The topological polar surface area (TPSA) is 12.5 Å². The summed E-state index contributed by atoms with van der Waals surface area (Å²) in [5.74, 6) is 0. The minimum absolute atomic E-state index is 0.135. The van der Waals surface area contributed by atoms with Gasteiger partial charge < -0.3 is 0 Å². The highest BCUT2D eigenvalue weighted by Gasteiger charge is 2.10. The smallest absolute Gasteiger partial charge is 0.0805 e. The molecule has 0 heterocycles. The Morgan fingerprint density at radius 3 is 1.53 bits per heavy atom. The Bertz CT molecular complexity index is 399. The van der Waals surface area contributed by atoms with Crippen molar-refractivity contribution >= 4 is 11.4 Å². The van der Waals surface area contributed by atoms with E-state index < -0.39 is 0 Å². The van der Waals surface area contributed by atoms with E-state index in [-0.39, 0.29) is 6.10 Å². The summed E-state index contributed by atoms with van der Waals surface area (Å²) >= 11 is 0. The van der Waals surface area contributed by atoms with Crippen molar-refractivity contribution in [3.8, 4) is 0 Å². The summed E-state index contributed by atoms with van der Waals surface area (Å²) in [5.41, 5.74) is 2.07. The fraction of sp³-hybridized carbons (Fsp3) is 0.200. The van der Waals surface area contributed by atoms with Gasteiger partial charge in [-0.3, -0.25) is 4.84 Å². The fourth-order valence-corrected chi connectivity index (χ4v) is 1.61. The average molecular weight is 227 g/mol. The van der Waals surface area contributed by atoms with Crippen molar-refractivity contribution in [2.75, 3.05) is 5.06 Å². The molecule has 0 N–H and O–H groups in total. The van der Waals surface area contributed by atoms with E-state index in [1.807, 2.05) is 79.6 Å². The third-order valence-corrected chi connectivity index (χ3v) is 2.30. The molecule has 0 aliphatic rings. The Balaban J connectivity index is 2.32. The molecule has 0 bridgehead atoms. The van der Waals surface area contributed by atoms with Crippen LogP contribution in [0.1, 0.15) is 13.8 Å². The summed E-state index contributed by atoms with van der Waals surface area (Å²) in [6.07, 6.45) is 0.135. The van der Waals surface area contributed by atoms with Crippen molar-refractivity contribution in [2.45, 2.75) is 20.0 Å². The molecule has 0 amide bonds. The summed E-state index contributed by atoms with van der Waals surface area (Å²) in [6, 6.07) is 20.2. The lowest BCUT2D eigenvalue weighted by molar-refractivity contribution is 0.0794. The molecular formula is C15H17NO. The average Bonchev–Trinajstić information content (AvgIpc) is 2.38. The van der Waals surface area contributed by atoms with Gasteiger partial charge in [-0.25, -0.2) is 5.06 Å². The zero-order valence-corrected chi connectivity index (χ0v) is 10.2. The third-order valence-electron chi connectivity index (χ3n) is 2.30. The first-order chi connectivity index (χ1) is 8.27. The lowest BCUT2D eigenvalue weighted by Crippen LogP contribution is -2.21. The van der Waals surface area contributed by atoms with E-state index in [1.54, 1.807) is 0 Å². The van der Waals surface area contributed by atoms with Crippen LogP contribution < -0.4 is 5.06 Å². The van der Waals surface area contributed by atoms with Gasteiger partial charge in [0.2, 0.25) is 0 Å². The number of nitrogens with zero attached hydrogens (tertiary/aromatic N) is 1. The molecule has 0 saturated carbocycles. The molecule has 17 heavy (non-hydrogen) atoms. The zero-order chi connectivity index (χ0) is 12.1. The minimum Gasteiger partial charge on any atom is -0.266 e. The van der Waals surface area contributed by atoms with Gasteiger partial charge in [-0.2, -0.15) is 0 Å². The highest BCUT2D eigenvalue weighted by molar-refractivity contribution is 5.59. The summed E-state index contributed by atoms with van der Waals surface area (Å²) in [4.78, 5) is 5.86. The molecule has 0 unspecified atom stereocenters. The number of hydrogen-bond acceptors (Lipinski definition) is 2. The molecule has 2 heteroatoms. The second-order valence-corrected chi connectivity index (χ2v) is 4.12. The Labute approximate surface area is 102 Å². The van der Waals surface area contributed by atoms with E-state index in [0.717, 1.165) is 11.4 Å². The van der Waals surface area contributed by atoms with Crippen LogP contribution in [0.25, 0.3) is 0 Å². The van der Waals surface area contributed by atoms with Crippen LogP contribution in [-0.4, -0.2) is 6.10 Å². The van der Waals surface area contributed by atoms with E-state index in [1.165, 1.54) is 0 Å². The van der Waals surface area contributed by atoms with Crippen LogP contribution >= 0.6 is 0 Å². The molecule has 0 aromatic heterocycles. The summed E-state index contributed by atoms with van der Waals surface area (Å²) < 4.78 is 0. The van der Waals surface area contributed by atoms with Gasteiger partial charge >= 0.3 is 0 Å². The van der Waals surface area contributed by atoms with Crippen LogP contribution in [0.2, 0.25) is 0 Å². The maximum absolute atomic E-state index is 5.86. The largest absolute Gasteiger partial charge is 0.266 e. The minimum atomic E-state index is 0.135. The molecule has 0 spiro atoms. The Kier molecular flexibility index (Phi) is 3.78. The standard InChI is InChI=1S/C15H17NO/c1-13(2)17-16(14-9-5-3-6-10-14)15-11-7-4-8-12-15/h3-13H,1-2H3. The Morgan fingerprint density at radius 2 is 1.18 bits per heavy atom. The Morgan fingerprint density at radius 1 is 0.765 bits per heavy atom. The molecule has 2 aromatic carbocycles. The van der Waals surface area contributed by atoms with Crippen LogP contribution in [0, 0.1) is 0 Å². The quantitative estimate of drug-likeness (QED) is 0.727. The van der Waals surface area contributed by atoms with Gasteiger partial charge in [-0.15, -0.1) is 0 Å². The molecule has 0 radical (unpaired) electrons. The van der Waals surface area contributed by atoms with Crippen molar-refractivity contribution in [2.24, 2.45) is 0 Å². The molecule has 2 rings (SSSR count). The van der Waals surface area contributed by atoms with Gasteiger partial charge in [-0.1, -0.05) is 36.4 Å². The molecular weight excluding hydrogens is 210 g/mol. The van der Waals surface area contributed by atoms with Crippen molar-refractivity contribution in [1.82, 2.24) is 0 Å². The van der Waals surface area contributed by atoms with Gasteiger partial charge in [0.15, 0.2) is 0 Å². The van der Waals surface area contributed by atoms with E-state index in [2.05, 4.69) is 0 Å². The number of anilines is 2. The van der Waals surface area contributed by atoms with E-state index in [9.17, 15) is 0 Å². The molecule has 0 aliphatic carbocycles. The van der Waals surface area contributed by atoms with Crippen molar-refractivity contribution < 1.29 is 4.84 Å². The van der Waals surface area contributed by atoms with Crippen LogP contribution in [0.15, 0.2) is 60.7 Å². The van der Waals surface area contributed by atoms with Gasteiger partial charge in [0.1, 0.15) is 0 Å². The van der Waals surface area contributed by atoms with Crippen molar-refractivity contribution in [3.05, 3.63) is 60.7 Å². The van der Waals surface area contributed by atoms with Gasteiger partial charge in [0.05, 0.1) is 17.5 Å². The summed E-state index contributed by atoms with van der Waals surface area (Å²) in [6.45, 7) is 4.05. The molecule has 0 aliphatic heterocycles. The van der Waals surface area contributed by atoms with Crippen molar-refractivity contribution in [3.63, 3.8) is 0 Å². The SMILES string of the molecule is CC(C)ON(c1ccccc1)c1ccccc1. The third kappa shape index (κ3) is 3.08. The molecule has 2 nitrogen and oxygen atoms in total. The molecule has 88 valence electrons. The predicted molar refractivity (Wildman–Crippen MR) is 71.2 cm³/mol. The normalized spacial score (nSPS) is 10.5. The first-order valence-electron chi connectivity index (χ1n) is 5.84. The van der Waals surface area contributed by atoms with E-state index in [0.29, 0.717) is 0 Å². The fourth-order valence-electron chi connectivity index (χ4n) is 1.61. The highest BCUT2D eigenvalue weighted by Crippen LogP contribution is 2.25. The molecule has 2 aromatic rings. The predicted octanol–water partition coefficient (Wildman–Crippen LogP) is 4.16. The highest BCUT2D eigenvalue weighted by atomic mass is 16.7. The van der Waals surface area contributed by atoms with Gasteiger partial charge in [0, 0.05) is 0 Å². The van der Waals surface area contributed by atoms with Gasteiger partial charge in [-0.05, 0) is 38.1 Å². The monoisotopic (exact) mass is 227 g/mol. The zero-order valence-electron chi connectivity index (χ0n) is 10.2. The Hall–Kier alpha value is -1.80. The second kappa shape index (κ2) is 5.51. The van der Waals surface area contributed by atoms with Crippen LogP contribution in [0.5, 0.6) is 0 Å². The van der Waals surface area contributed by atoms with E-state index in [4.69, 9.17) is 4.84 Å². The van der Waals surface area contributed by atoms with Crippen molar-refractivity contribution in [1.29, 1.82) is 0 Å². The van der Waals surface area contributed by atoms with E-state index >= 15 is 0 Å². The molecule has 0 fully saturated rings. The number of para-hydroxylation sites is 2. The van der Waals surface area contributed by atoms with Crippen LogP contribution in [-0.2, 0) is 4.84 Å². The first-order valence-corrected chi connectivity index (χ1v) is 5.84. The first kappa shape index (κ1) is 11.7. The molecule has 0 atom stereocenters. The van der Waals surface area contributed by atoms with Gasteiger partial charge in [0.25, 0.3) is 0 Å². The number of benzene rings is 2. The van der Waals surface area contributed by atoms with Crippen LogP contribution in [0.3, 0.4) is 0 Å². The maximum atomic E-state index is 5.86. The second-order valence-electron chi connectivity index (χ2n) is 4.12. The lowest BCUT2D eigenvalue weighted by atomic mass is 10.2. The summed E-state index contributed by atoms with van der Waals surface area (Å²) in [5, 5.41) is 1.87. The number of rotatable bonds is 4. The maximum Gasteiger partial charge on any atom is 0.0805 e. The lowest BCUT2D eigenvalue weighted by Gasteiger charge is -2.26. The van der Waals surface area contributed by atoms with Crippen LogP contribution in [0.4, 0.5) is 11.4 Å². The summed E-state index contributed by atoms with van der Waals surface area (Å²) in [7, 11) is 0.